The fraction of sp³-hybridized carbons (Fsp3) is 0.348. The van der Waals surface area contributed by atoms with Crippen LogP contribution in [0.5, 0.6) is 0 Å². The van der Waals surface area contributed by atoms with E-state index < -0.39 is 5.54 Å². The molecule has 154 valence electrons. The van der Waals surface area contributed by atoms with Crippen molar-refractivity contribution in [3.05, 3.63) is 78.4 Å². The molecular formula is C23H25N5O2. The van der Waals surface area contributed by atoms with Crippen LogP contribution in [0.3, 0.4) is 0 Å². The molecule has 0 radical (unpaired) electrons. The van der Waals surface area contributed by atoms with Gasteiger partial charge < -0.3 is 10.1 Å². The number of benzene rings is 1. The van der Waals surface area contributed by atoms with Crippen LogP contribution in [0.15, 0.2) is 67.3 Å². The zero-order valence-corrected chi connectivity index (χ0v) is 16.8. The lowest BCUT2D eigenvalue weighted by molar-refractivity contribution is -0.122. The molecule has 3 aromatic rings. The highest BCUT2D eigenvalue weighted by atomic mass is 16.5. The molecule has 1 spiro atoms. The Labute approximate surface area is 175 Å². The fourth-order valence-corrected chi connectivity index (χ4v) is 4.72. The van der Waals surface area contributed by atoms with Crippen LogP contribution in [-0.2, 0) is 16.1 Å². The molecule has 7 heteroatoms. The second kappa shape index (κ2) is 8.01. The van der Waals surface area contributed by atoms with E-state index in [2.05, 4.69) is 44.6 Å². The quantitative estimate of drug-likeness (QED) is 0.723. The van der Waals surface area contributed by atoms with Crippen LogP contribution in [0.4, 0.5) is 0 Å². The van der Waals surface area contributed by atoms with Gasteiger partial charge in [0.05, 0.1) is 24.4 Å². The number of rotatable bonds is 4. The van der Waals surface area contributed by atoms with Crippen molar-refractivity contribution in [1.82, 2.24) is 25.0 Å². The topological polar surface area (TPSA) is 72.3 Å². The maximum Gasteiger partial charge on any atom is 0.222 e. The minimum absolute atomic E-state index is 0.0557. The minimum Gasteiger partial charge on any atom is -0.378 e. The van der Waals surface area contributed by atoms with Gasteiger partial charge in [-0.05, 0) is 29.3 Å². The van der Waals surface area contributed by atoms with Crippen molar-refractivity contribution in [3.8, 4) is 5.69 Å². The number of carbonyl (C=O) groups is 1. The number of ether oxygens (including phenoxy) is 1. The van der Waals surface area contributed by atoms with Crippen molar-refractivity contribution >= 4 is 5.91 Å². The summed E-state index contributed by atoms with van der Waals surface area (Å²) >= 11 is 0. The number of hydrogen-bond acceptors (Lipinski definition) is 5. The van der Waals surface area contributed by atoms with E-state index in [9.17, 15) is 4.79 Å². The van der Waals surface area contributed by atoms with E-state index in [0.29, 0.717) is 19.6 Å². The smallest absolute Gasteiger partial charge is 0.222 e. The number of para-hydroxylation sites is 1. The van der Waals surface area contributed by atoms with E-state index >= 15 is 0 Å². The molecular weight excluding hydrogens is 378 g/mol. The van der Waals surface area contributed by atoms with Crippen LogP contribution in [0.25, 0.3) is 5.69 Å². The average molecular weight is 403 g/mol. The molecule has 7 nitrogen and oxygen atoms in total. The molecule has 1 N–H and O–H groups in total. The third-order valence-electron chi connectivity index (χ3n) is 6.06. The third kappa shape index (κ3) is 3.62. The lowest BCUT2D eigenvalue weighted by atomic mass is 9.83. The number of carbonyl (C=O) groups excluding carboxylic acids is 1. The summed E-state index contributed by atoms with van der Waals surface area (Å²) in [7, 11) is 0. The molecule has 0 saturated carbocycles. The van der Waals surface area contributed by atoms with Crippen LogP contribution < -0.4 is 5.32 Å². The summed E-state index contributed by atoms with van der Waals surface area (Å²) in [5.41, 5.74) is 2.95. The van der Waals surface area contributed by atoms with Gasteiger partial charge in [-0.25, -0.2) is 4.68 Å². The maximum absolute atomic E-state index is 12.5. The molecule has 1 aromatic carbocycles. The molecule has 1 amide bonds. The average Bonchev–Trinajstić information content (AvgIpc) is 3.37. The molecule has 2 fully saturated rings. The Morgan fingerprint density at radius 3 is 2.93 bits per heavy atom. The third-order valence-corrected chi connectivity index (χ3v) is 6.06. The van der Waals surface area contributed by atoms with Crippen LogP contribution in [0.2, 0.25) is 0 Å². The van der Waals surface area contributed by atoms with Crippen molar-refractivity contribution in [1.29, 1.82) is 0 Å². The van der Waals surface area contributed by atoms with E-state index in [1.165, 1.54) is 5.56 Å². The van der Waals surface area contributed by atoms with Crippen molar-refractivity contribution in [2.45, 2.75) is 24.4 Å². The molecule has 5 rings (SSSR count). The van der Waals surface area contributed by atoms with Gasteiger partial charge in [0.25, 0.3) is 0 Å². The highest BCUT2D eigenvalue weighted by Crippen LogP contribution is 2.38. The van der Waals surface area contributed by atoms with E-state index in [1.807, 2.05) is 35.3 Å². The fourth-order valence-electron chi connectivity index (χ4n) is 4.72. The molecule has 30 heavy (non-hydrogen) atoms. The molecule has 2 atom stereocenters. The Balaban J connectivity index is 1.46. The first kappa shape index (κ1) is 19.0. The second-order valence-electron chi connectivity index (χ2n) is 8.09. The summed E-state index contributed by atoms with van der Waals surface area (Å²) in [4.78, 5) is 19.2. The van der Waals surface area contributed by atoms with E-state index in [1.54, 1.807) is 12.4 Å². The summed E-state index contributed by atoms with van der Waals surface area (Å²) in [6.45, 7) is 3.30. The van der Waals surface area contributed by atoms with Crippen molar-refractivity contribution < 1.29 is 9.53 Å². The van der Waals surface area contributed by atoms with Gasteiger partial charge in [0.2, 0.25) is 5.91 Å². The molecule has 2 aliphatic heterocycles. The van der Waals surface area contributed by atoms with Gasteiger partial charge in [-0.2, -0.15) is 5.10 Å². The number of pyridine rings is 1. The Kier molecular flexibility index (Phi) is 5.06. The molecule has 4 heterocycles. The normalized spacial score (nSPS) is 24.7. The summed E-state index contributed by atoms with van der Waals surface area (Å²) in [6.07, 6.45) is 7.85. The van der Waals surface area contributed by atoms with E-state index in [0.717, 1.165) is 30.9 Å². The summed E-state index contributed by atoms with van der Waals surface area (Å²) in [6, 6.07) is 14.3. The molecule has 0 aliphatic carbocycles. The Morgan fingerprint density at radius 2 is 2.10 bits per heavy atom. The predicted octanol–water partition coefficient (Wildman–Crippen LogP) is 2.14. The lowest BCUT2D eigenvalue weighted by Gasteiger charge is -2.34. The Morgan fingerprint density at radius 1 is 1.17 bits per heavy atom. The highest BCUT2D eigenvalue weighted by molar-refractivity contribution is 5.77. The van der Waals surface area contributed by atoms with Gasteiger partial charge in [0, 0.05) is 56.8 Å². The largest absolute Gasteiger partial charge is 0.378 e. The van der Waals surface area contributed by atoms with Crippen LogP contribution in [-0.4, -0.2) is 57.4 Å². The van der Waals surface area contributed by atoms with E-state index in [4.69, 9.17) is 4.74 Å². The van der Waals surface area contributed by atoms with Gasteiger partial charge in [-0.1, -0.05) is 24.3 Å². The standard InChI is InChI=1S/C23H25N5O2/c29-22-8-12-30-17-23(26-22)16-27(15-20(23)18-6-3-9-24-13-18)14-19-5-1-2-7-21(19)28-11-4-10-25-28/h1-7,9-11,13,20H,8,12,14-17H2,(H,26,29)/t20-,23-/m0/s1. The van der Waals surface area contributed by atoms with E-state index in [-0.39, 0.29) is 11.8 Å². The zero-order chi connectivity index (χ0) is 20.4. The van der Waals surface area contributed by atoms with Gasteiger partial charge in [0.15, 0.2) is 0 Å². The first-order chi connectivity index (χ1) is 14.7. The highest BCUT2D eigenvalue weighted by Gasteiger charge is 2.49. The molecule has 0 bridgehead atoms. The van der Waals surface area contributed by atoms with Gasteiger partial charge in [-0.15, -0.1) is 0 Å². The van der Waals surface area contributed by atoms with Crippen LogP contribution >= 0.6 is 0 Å². The Bertz CT molecular complexity index is 1010. The number of nitrogens with one attached hydrogen (secondary N) is 1. The Hall–Kier alpha value is -3.03. The summed E-state index contributed by atoms with van der Waals surface area (Å²) in [5, 5.41) is 7.71. The number of likely N-dealkylation sites (tertiary alicyclic amines) is 1. The summed E-state index contributed by atoms with van der Waals surface area (Å²) < 4.78 is 7.79. The number of amides is 1. The SMILES string of the molecule is O=C1CCOC[C@]2(CN(Cc3ccccc3-n3cccn3)C[C@H]2c2cccnc2)N1. The number of nitrogens with zero attached hydrogens (tertiary/aromatic N) is 4. The van der Waals surface area contributed by atoms with Crippen LogP contribution in [0, 0.1) is 0 Å². The zero-order valence-electron chi connectivity index (χ0n) is 16.8. The predicted molar refractivity (Wildman–Crippen MR) is 112 cm³/mol. The lowest BCUT2D eigenvalue weighted by Crippen LogP contribution is -2.55. The second-order valence-corrected chi connectivity index (χ2v) is 8.09. The molecule has 2 aliphatic rings. The minimum atomic E-state index is -0.447. The monoisotopic (exact) mass is 403 g/mol. The molecule has 0 unspecified atom stereocenters. The number of aromatic nitrogens is 3. The maximum atomic E-state index is 12.5. The first-order valence-corrected chi connectivity index (χ1v) is 10.3. The number of hydrogen-bond donors (Lipinski definition) is 1. The first-order valence-electron chi connectivity index (χ1n) is 10.3. The van der Waals surface area contributed by atoms with Crippen molar-refractivity contribution in [2.75, 3.05) is 26.3 Å². The molecule has 2 aromatic heterocycles. The van der Waals surface area contributed by atoms with Crippen LogP contribution in [0.1, 0.15) is 23.5 Å². The van der Waals surface area contributed by atoms with Gasteiger partial charge in [0.1, 0.15) is 0 Å². The molecule has 2 saturated heterocycles. The van der Waals surface area contributed by atoms with Crippen molar-refractivity contribution in [2.24, 2.45) is 0 Å². The van der Waals surface area contributed by atoms with Gasteiger partial charge >= 0.3 is 0 Å². The summed E-state index contributed by atoms with van der Waals surface area (Å²) in [5.74, 6) is 0.172. The van der Waals surface area contributed by atoms with Gasteiger partial charge in [-0.3, -0.25) is 14.7 Å². The van der Waals surface area contributed by atoms with Crippen molar-refractivity contribution in [3.63, 3.8) is 0 Å².